The van der Waals surface area contributed by atoms with E-state index in [1.54, 1.807) is 6.92 Å². The average Bonchev–Trinajstić information content (AvgIpc) is 2.90. The zero-order chi connectivity index (χ0) is 15.0. The van der Waals surface area contributed by atoms with Gasteiger partial charge in [0.25, 0.3) is 0 Å². The van der Waals surface area contributed by atoms with Gasteiger partial charge in [-0.15, -0.1) is 0 Å². The summed E-state index contributed by atoms with van der Waals surface area (Å²) in [6, 6.07) is 9.40. The Kier molecular flexibility index (Phi) is 3.79. The summed E-state index contributed by atoms with van der Waals surface area (Å²) in [7, 11) is -3.01. The number of hydrogen-bond acceptors (Lipinski definition) is 4. The van der Waals surface area contributed by atoms with Crippen LogP contribution in [0.2, 0.25) is 0 Å². The van der Waals surface area contributed by atoms with Crippen LogP contribution in [-0.4, -0.2) is 42.3 Å². The van der Waals surface area contributed by atoms with Crippen molar-refractivity contribution in [3.63, 3.8) is 0 Å². The van der Waals surface area contributed by atoms with Crippen LogP contribution < -0.4 is 4.90 Å². The van der Waals surface area contributed by atoms with Crippen molar-refractivity contribution in [2.75, 3.05) is 16.4 Å². The number of amidine groups is 1. The normalized spacial score (nSPS) is 28.8. The maximum atomic E-state index is 11.9. The van der Waals surface area contributed by atoms with Crippen molar-refractivity contribution >= 4 is 38.4 Å². The smallest absolute Gasteiger partial charge is 0.247 e. The fraction of sp³-hybridized carbons (Fsp3) is 0.429. The number of thioether (sulfide) groups is 1. The van der Waals surface area contributed by atoms with Crippen LogP contribution in [0.4, 0.5) is 5.69 Å². The SMILES string of the molecule is CCC(=O)N=C1S[C@@H]2CS(=O)(=O)C[C@H]2N1c1ccccc1. The number of amides is 1. The molecule has 7 heteroatoms. The van der Waals surface area contributed by atoms with Gasteiger partial charge in [-0.25, -0.2) is 8.42 Å². The monoisotopic (exact) mass is 324 g/mol. The molecule has 21 heavy (non-hydrogen) atoms. The Morgan fingerprint density at radius 1 is 1.33 bits per heavy atom. The lowest BCUT2D eigenvalue weighted by Gasteiger charge is -2.24. The van der Waals surface area contributed by atoms with E-state index < -0.39 is 9.84 Å². The van der Waals surface area contributed by atoms with E-state index in [1.807, 2.05) is 35.2 Å². The van der Waals surface area contributed by atoms with Crippen LogP contribution in [0.5, 0.6) is 0 Å². The fourth-order valence-corrected chi connectivity index (χ4v) is 6.57. The van der Waals surface area contributed by atoms with E-state index >= 15 is 0 Å². The van der Waals surface area contributed by atoms with E-state index in [2.05, 4.69) is 4.99 Å². The zero-order valence-corrected chi connectivity index (χ0v) is 13.2. The summed E-state index contributed by atoms with van der Waals surface area (Å²) in [4.78, 5) is 17.7. The average molecular weight is 324 g/mol. The maximum absolute atomic E-state index is 11.9. The molecule has 1 amide bonds. The second-order valence-corrected chi connectivity index (χ2v) is 8.51. The largest absolute Gasteiger partial charge is 0.316 e. The Bertz CT molecular complexity index is 685. The van der Waals surface area contributed by atoms with Crippen LogP contribution in [0.15, 0.2) is 35.3 Å². The van der Waals surface area contributed by atoms with Gasteiger partial charge in [0.2, 0.25) is 5.91 Å². The van der Waals surface area contributed by atoms with Crippen molar-refractivity contribution in [3.8, 4) is 0 Å². The van der Waals surface area contributed by atoms with Gasteiger partial charge in [0.15, 0.2) is 15.0 Å². The molecule has 112 valence electrons. The van der Waals surface area contributed by atoms with E-state index in [-0.39, 0.29) is 28.7 Å². The summed E-state index contributed by atoms with van der Waals surface area (Å²) in [6.07, 6.45) is 0.348. The number of nitrogens with zero attached hydrogens (tertiary/aromatic N) is 2. The van der Waals surface area contributed by atoms with E-state index in [9.17, 15) is 13.2 Å². The van der Waals surface area contributed by atoms with Crippen LogP contribution in [0, 0.1) is 0 Å². The van der Waals surface area contributed by atoms with Crippen LogP contribution >= 0.6 is 11.8 Å². The summed E-state index contributed by atoms with van der Waals surface area (Å²) in [6.45, 7) is 1.77. The Morgan fingerprint density at radius 3 is 2.71 bits per heavy atom. The molecule has 0 aromatic heterocycles. The van der Waals surface area contributed by atoms with Crippen molar-refractivity contribution in [3.05, 3.63) is 30.3 Å². The molecule has 3 rings (SSSR count). The van der Waals surface area contributed by atoms with Crippen LogP contribution in [0.3, 0.4) is 0 Å². The third-order valence-electron chi connectivity index (χ3n) is 3.62. The van der Waals surface area contributed by atoms with Crippen LogP contribution in [-0.2, 0) is 14.6 Å². The van der Waals surface area contributed by atoms with Gasteiger partial charge in [0.05, 0.1) is 17.5 Å². The third kappa shape index (κ3) is 2.85. The second kappa shape index (κ2) is 5.46. The Balaban J connectivity index is 2.00. The highest BCUT2D eigenvalue weighted by Gasteiger charge is 2.49. The van der Waals surface area contributed by atoms with Crippen LogP contribution in [0.1, 0.15) is 13.3 Å². The topological polar surface area (TPSA) is 66.8 Å². The van der Waals surface area contributed by atoms with Gasteiger partial charge in [-0.2, -0.15) is 4.99 Å². The number of anilines is 1. The van der Waals surface area contributed by atoms with Crippen LogP contribution in [0.25, 0.3) is 0 Å². The molecule has 2 heterocycles. The number of benzene rings is 1. The molecule has 2 aliphatic rings. The van der Waals surface area contributed by atoms with Gasteiger partial charge in [0.1, 0.15) is 0 Å². The summed E-state index contributed by atoms with van der Waals surface area (Å²) < 4.78 is 23.7. The summed E-state index contributed by atoms with van der Waals surface area (Å²) in [5, 5.41) is 0.580. The lowest BCUT2D eigenvalue weighted by molar-refractivity contribution is -0.117. The minimum Gasteiger partial charge on any atom is -0.316 e. The summed E-state index contributed by atoms with van der Waals surface area (Å²) in [5.41, 5.74) is 0.886. The van der Waals surface area contributed by atoms with Crippen molar-refractivity contribution < 1.29 is 13.2 Å². The molecule has 2 aliphatic heterocycles. The van der Waals surface area contributed by atoms with E-state index in [4.69, 9.17) is 0 Å². The molecule has 2 atom stereocenters. The molecule has 0 spiro atoms. The number of carbonyl (C=O) groups excluding carboxylic acids is 1. The van der Waals surface area contributed by atoms with Gasteiger partial charge in [-0.3, -0.25) is 4.79 Å². The molecule has 0 N–H and O–H groups in total. The molecule has 0 radical (unpaired) electrons. The molecule has 0 saturated carbocycles. The number of fused-ring (bicyclic) bond motifs is 1. The Hall–Kier alpha value is -1.34. The fourth-order valence-electron chi connectivity index (χ4n) is 2.64. The molecular formula is C14H16N2O3S2. The van der Waals surface area contributed by atoms with Crippen molar-refractivity contribution in [1.29, 1.82) is 0 Å². The van der Waals surface area contributed by atoms with Gasteiger partial charge in [-0.1, -0.05) is 36.9 Å². The molecule has 2 fully saturated rings. The predicted molar refractivity (Wildman–Crippen MR) is 85.5 cm³/mol. The molecular weight excluding hydrogens is 308 g/mol. The van der Waals surface area contributed by atoms with E-state index in [0.717, 1.165) is 5.69 Å². The number of rotatable bonds is 2. The summed E-state index contributed by atoms with van der Waals surface area (Å²) in [5.74, 6) is 0.102. The predicted octanol–water partition coefficient (Wildman–Crippen LogP) is 1.70. The highest BCUT2D eigenvalue weighted by molar-refractivity contribution is 8.16. The van der Waals surface area contributed by atoms with Gasteiger partial charge in [0, 0.05) is 17.4 Å². The summed E-state index contributed by atoms with van der Waals surface area (Å²) >= 11 is 1.41. The van der Waals surface area contributed by atoms with Crippen molar-refractivity contribution in [2.24, 2.45) is 4.99 Å². The van der Waals surface area contributed by atoms with E-state index in [0.29, 0.717) is 11.6 Å². The first kappa shape index (κ1) is 14.6. The minimum atomic E-state index is -3.01. The number of carbonyl (C=O) groups is 1. The number of sulfone groups is 1. The minimum absolute atomic E-state index is 0.0430. The lowest BCUT2D eigenvalue weighted by Crippen LogP contribution is -2.37. The van der Waals surface area contributed by atoms with E-state index in [1.165, 1.54) is 11.8 Å². The second-order valence-electron chi connectivity index (χ2n) is 5.15. The molecule has 0 bridgehead atoms. The van der Waals surface area contributed by atoms with Gasteiger partial charge >= 0.3 is 0 Å². The quantitative estimate of drug-likeness (QED) is 0.828. The highest BCUT2D eigenvalue weighted by atomic mass is 32.2. The third-order valence-corrected chi connectivity index (χ3v) is 6.83. The molecule has 0 unspecified atom stereocenters. The molecule has 1 aromatic carbocycles. The Labute approximate surface area is 128 Å². The first-order chi connectivity index (χ1) is 10.00. The highest BCUT2D eigenvalue weighted by Crippen LogP contribution is 2.40. The molecule has 1 aromatic rings. The number of aliphatic imine (C=N–C) groups is 1. The van der Waals surface area contributed by atoms with Crippen molar-refractivity contribution in [2.45, 2.75) is 24.6 Å². The first-order valence-electron chi connectivity index (χ1n) is 6.83. The standard InChI is InChI=1S/C14H16N2O3S2/c1-2-13(17)15-14-16(10-6-4-3-5-7-10)11-8-21(18,19)9-12(11)20-14/h3-7,11-12H,2,8-9H2,1H3/t11-,12-/m1/s1. The Morgan fingerprint density at radius 2 is 2.05 bits per heavy atom. The zero-order valence-electron chi connectivity index (χ0n) is 11.6. The molecule has 0 aliphatic carbocycles. The first-order valence-corrected chi connectivity index (χ1v) is 9.53. The maximum Gasteiger partial charge on any atom is 0.247 e. The number of hydrogen-bond donors (Lipinski definition) is 0. The number of para-hydroxylation sites is 1. The van der Waals surface area contributed by atoms with Crippen molar-refractivity contribution in [1.82, 2.24) is 0 Å². The molecule has 5 nitrogen and oxygen atoms in total. The van der Waals surface area contributed by atoms with Gasteiger partial charge < -0.3 is 4.90 Å². The molecule has 2 saturated heterocycles. The lowest BCUT2D eigenvalue weighted by atomic mass is 10.2. The van der Waals surface area contributed by atoms with Gasteiger partial charge in [-0.05, 0) is 12.1 Å².